The lowest BCUT2D eigenvalue weighted by Gasteiger charge is -2.34. The van der Waals surface area contributed by atoms with Gasteiger partial charge in [0.15, 0.2) is 5.82 Å². The summed E-state index contributed by atoms with van der Waals surface area (Å²) < 4.78 is 34.3. The van der Waals surface area contributed by atoms with Crippen molar-refractivity contribution in [1.82, 2.24) is 30.5 Å². The first kappa shape index (κ1) is 35.2. The summed E-state index contributed by atoms with van der Waals surface area (Å²) in [4.78, 5) is 30.9. The third kappa shape index (κ3) is 7.65. The smallest absolute Gasteiger partial charge is 0.407 e. The summed E-state index contributed by atoms with van der Waals surface area (Å²) in [6.45, 7) is 3.21. The van der Waals surface area contributed by atoms with Crippen LogP contribution in [0.25, 0.3) is 32.9 Å². The first-order valence-electron chi connectivity index (χ1n) is 18.0. The van der Waals surface area contributed by atoms with Gasteiger partial charge in [-0.3, -0.25) is 9.88 Å². The predicted octanol–water partition coefficient (Wildman–Crippen LogP) is 5.68. The van der Waals surface area contributed by atoms with E-state index in [0.717, 1.165) is 42.3 Å². The van der Waals surface area contributed by atoms with Crippen LogP contribution in [0.3, 0.4) is 0 Å². The molecule has 3 saturated heterocycles. The fourth-order valence-electron chi connectivity index (χ4n) is 7.66. The molecule has 3 aliphatic rings. The lowest BCUT2D eigenvalue weighted by molar-refractivity contribution is 0.0917. The highest BCUT2D eigenvalue weighted by atomic mass is 35.5. The minimum Gasteiger partial charge on any atom is -0.508 e. The highest BCUT2D eigenvalue weighted by molar-refractivity contribution is 6.36. The lowest BCUT2D eigenvalue weighted by atomic mass is 10.0. The van der Waals surface area contributed by atoms with Crippen molar-refractivity contribution in [3.8, 4) is 23.0 Å². The molecular weight excluding hydrogens is 701 g/mol. The Morgan fingerprint density at radius 1 is 1.06 bits per heavy atom. The number of hydrogen-bond donors (Lipinski definition) is 3. The zero-order valence-electron chi connectivity index (χ0n) is 29.3. The van der Waals surface area contributed by atoms with Crippen LogP contribution in [-0.2, 0) is 16.1 Å². The van der Waals surface area contributed by atoms with Crippen molar-refractivity contribution < 1.29 is 28.5 Å². The quantitative estimate of drug-likeness (QED) is 0.145. The Labute approximate surface area is 311 Å². The molecule has 3 N–H and O–H groups in total. The number of alkyl carbamates (subject to hydrolysis) is 1. The van der Waals surface area contributed by atoms with E-state index in [4.69, 9.17) is 30.8 Å². The SMILES string of the molecule is CN1C[C@H](OC(=O)NCCOCc2ccc(O)cc2)C[C@H]1COc1nc(N2C[C@H]3CC[C@@H](C2)N3)c2cnc(-c3cccc4cccc(Cl)c34)c(F)c2n1. The summed E-state index contributed by atoms with van der Waals surface area (Å²) in [6.07, 6.45) is 3.51. The molecule has 276 valence electrons. The number of amides is 1. The monoisotopic (exact) mass is 741 g/mol. The maximum absolute atomic E-state index is 16.7. The molecule has 5 heterocycles. The second-order valence-electron chi connectivity index (χ2n) is 14.0. The number of phenolic OH excluding ortho intramolecular Hbond substituents is 1. The maximum atomic E-state index is 16.7. The van der Waals surface area contributed by atoms with E-state index >= 15 is 4.39 Å². The van der Waals surface area contributed by atoms with Gasteiger partial charge in [-0.25, -0.2) is 9.18 Å². The topological polar surface area (TPSA) is 134 Å². The van der Waals surface area contributed by atoms with Gasteiger partial charge in [0.25, 0.3) is 0 Å². The van der Waals surface area contributed by atoms with E-state index < -0.39 is 11.9 Å². The number of carbonyl (C=O) groups is 1. The number of likely N-dealkylation sites (tertiary alicyclic amines) is 1. The average molecular weight is 742 g/mol. The first-order valence-corrected chi connectivity index (χ1v) is 18.3. The molecule has 5 aromatic rings. The van der Waals surface area contributed by atoms with E-state index in [9.17, 15) is 9.90 Å². The number of nitrogens with zero attached hydrogens (tertiary/aromatic N) is 5. The van der Waals surface area contributed by atoms with E-state index in [1.54, 1.807) is 36.5 Å². The largest absolute Gasteiger partial charge is 0.508 e. The fraction of sp³-hybridized carbons (Fsp3) is 0.385. The van der Waals surface area contributed by atoms with Crippen LogP contribution in [0.5, 0.6) is 11.8 Å². The standard InChI is InChI=1S/C39H41ClFN7O5/c1-47-20-29(53-39(50)42-14-15-51-21-23-8-12-28(49)13-9-23)16-27(47)22-52-38-45-36-31(37(46-38)48-18-25-10-11-26(19-48)44-25)17-43-35(34(36)41)30-6-2-4-24-5-3-7-32(40)33(24)30/h2-9,12-13,17,25-27,29,44,49H,10-11,14-16,18-22H2,1H3,(H,42,50)/t25-,26+,27-,29+/m0/s1. The number of aromatic nitrogens is 3. The maximum Gasteiger partial charge on any atom is 0.407 e. The molecule has 14 heteroatoms. The zero-order valence-corrected chi connectivity index (χ0v) is 30.1. The average Bonchev–Trinajstić information content (AvgIpc) is 3.69. The van der Waals surface area contributed by atoms with Crippen molar-refractivity contribution in [2.45, 2.75) is 50.1 Å². The van der Waals surface area contributed by atoms with Gasteiger partial charge in [0.1, 0.15) is 35.5 Å². The number of carbonyl (C=O) groups excluding carboxylic acids is 1. The van der Waals surface area contributed by atoms with Crippen LogP contribution < -0.4 is 20.3 Å². The summed E-state index contributed by atoms with van der Waals surface area (Å²) in [7, 11) is 1.95. The molecule has 2 bridgehead atoms. The predicted molar refractivity (Wildman–Crippen MR) is 200 cm³/mol. The molecule has 0 aliphatic carbocycles. The van der Waals surface area contributed by atoms with Gasteiger partial charge in [-0.2, -0.15) is 9.97 Å². The number of benzene rings is 3. The summed E-state index contributed by atoms with van der Waals surface area (Å²) in [5, 5.41) is 18.4. The number of halogens is 2. The van der Waals surface area contributed by atoms with Crippen LogP contribution in [0.4, 0.5) is 15.0 Å². The van der Waals surface area contributed by atoms with Crippen LogP contribution in [0.15, 0.2) is 66.9 Å². The number of fused-ring (bicyclic) bond motifs is 4. The molecule has 0 unspecified atom stereocenters. The fourth-order valence-corrected chi connectivity index (χ4v) is 7.94. The molecule has 53 heavy (non-hydrogen) atoms. The first-order chi connectivity index (χ1) is 25.8. The van der Waals surface area contributed by atoms with E-state index in [-0.39, 0.29) is 41.7 Å². The third-order valence-corrected chi connectivity index (χ3v) is 10.6. The Kier molecular flexibility index (Phi) is 10.1. The Hall–Kier alpha value is -4.82. The number of likely N-dealkylation sites (N-methyl/N-ethyl adjacent to an activating group) is 1. The van der Waals surface area contributed by atoms with Crippen molar-refractivity contribution in [2.24, 2.45) is 0 Å². The summed E-state index contributed by atoms with van der Waals surface area (Å²) in [5.41, 5.74) is 1.80. The van der Waals surface area contributed by atoms with Crippen molar-refractivity contribution in [1.29, 1.82) is 0 Å². The van der Waals surface area contributed by atoms with Crippen molar-refractivity contribution in [2.75, 3.05) is 51.3 Å². The highest BCUT2D eigenvalue weighted by Crippen LogP contribution is 2.38. The van der Waals surface area contributed by atoms with Crippen LogP contribution >= 0.6 is 11.6 Å². The molecule has 3 fully saturated rings. The number of piperazine rings is 1. The van der Waals surface area contributed by atoms with Crippen molar-refractivity contribution in [3.63, 3.8) is 0 Å². The number of ether oxygens (including phenoxy) is 3. The summed E-state index contributed by atoms with van der Waals surface area (Å²) >= 11 is 6.62. The lowest BCUT2D eigenvalue weighted by Crippen LogP contribution is -2.51. The van der Waals surface area contributed by atoms with Gasteiger partial charge in [-0.1, -0.05) is 54.1 Å². The second kappa shape index (κ2) is 15.3. The minimum atomic E-state index is -0.565. The molecule has 0 spiro atoms. The van der Waals surface area contributed by atoms with E-state index in [2.05, 4.69) is 30.4 Å². The highest BCUT2D eigenvalue weighted by Gasteiger charge is 2.35. The summed E-state index contributed by atoms with van der Waals surface area (Å²) in [6, 6.07) is 18.6. The normalized spacial score (nSPS) is 21.4. The molecule has 12 nitrogen and oxygen atoms in total. The van der Waals surface area contributed by atoms with Gasteiger partial charge in [-0.05, 0) is 49.0 Å². The molecule has 0 radical (unpaired) electrons. The van der Waals surface area contributed by atoms with Gasteiger partial charge in [0.2, 0.25) is 0 Å². The Balaban J connectivity index is 0.962. The molecule has 3 aliphatic heterocycles. The Morgan fingerprint density at radius 2 is 1.83 bits per heavy atom. The van der Waals surface area contributed by atoms with Gasteiger partial charge >= 0.3 is 12.1 Å². The molecule has 3 aromatic carbocycles. The van der Waals surface area contributed by atoms with Crippen LogP contribution in [0, 0.1) is 5.82 Å². The second-order valence-corrected chi connectivity index (χ2v) is 14.4. The Morgan fingerprint density at radius 3 is 2.62 bits per heavy atom. The molecule has 4 atom stereocenters. The number of pyridine rings is 1. The molecule has 8 rings (SSSR count). The number of hydrogen-bond acceptors (Lipinski definition) is 11. The van der Waals surface area contributed by atoms with Crippen LogP contribution in [0.2, 0.25) is 5.02 Å². The number of rotatable bonds is 11. The number of anilines is 1. The zero-order chi connectivity index (χ0) is 36.5. The van der Waals surface area contributed by atoms with Gasteiger partial charge in [0.05, 0.1) is 18.6 Å². The van der Waals surface area contributed by atoms with Gasteiger partial charge in [-0.15, -0.1) is 0 Å². The molecule has 2 aromatic heterocycles. The number of aromatic hydroxyl groups is 1. The molecular formula is C39H41ClFN7O5. The molecule has 0 saturated carbocycles. The Bertz CT molecular complexity index is 2110. The number of nitrogens with one attached hydrogen (secondary N) is 2. The van der Waals surface area contributed by atoms with Crippen LogP contribution in [-0.4, -0.2) is 102 Å². The van der Waals surface area contributed by atoms with Crippen molar-refractivity contribution in [3.05, 3.63) is 83.3 Å². The molecule has 1 amide bonds. The van der Waals surface area contributed by atoms with Crippen molar-refractivity contribution >= 4 is 45.2 Å². The van der Waals surface area contributed by atoms with E-state index in [1.165, 1.54) is 0 Å². The number of phenols is 1. The van der Waals surface area contributed by atoms with Gasteiger partial charge < -0.3 is 34.9 Å². The van der Waals surface area contributed by atoms with E-state index in [1.807, 2.05) is 37.4 Å². The third-order valence-electron chi connectivity index (χ3n) is 10.3. The summed E-state index contributed by atoms with van der Waals surface area (Å²) in [5.74, 6) is 0.232. The van der Waals surface area contributed by atoms with E-state index in [0.29, 0.717) is 66.6 Å². The van der Waals surface area contributed by atoms with Crippen LogP contribution in [0.1, 0.15) is 24.8 Å². The van der Waals surface area contributed by atoms with Gasteiger partial charge in [0, 0.05) is 72.9 Å². The minimum absolute atomic E-state index is 0.0770.